The predicted molar refractivity (Wildman–Crippen MR) is 204 cm³/mol. The van der Waals surface area contributed by atoms with Gasteiger partial charge in [0.15, 0.2) is 0 Å². The fourth-order valence-electron chi connectivity index (χ4n) is 9.57. The predicted octanol–water partition coefficient (Wildman–Crippen LogP) is 12.3. The maximum Gasteiger partial charge on any atom is 0.140 e. The molecular formula is C49H32O. The summed E-state index contributed by atoms with van der Waals surface area (Å²) < 4.78 is 7.00. The van der Waals surface area contributed by atoms with Crippen LogP contribution in [0.2, 0.25) is 0 Å². The van der Waals surface area contributed by atoms with Crippen molar-refractivity contribution >= 4 is 10.8 Å². The van der Waals surface area contributed by atoms with Gasteiger partial charge in [-0.25, -0.2) is 0 Å². The van der Waals surface area contributed by atoms with Crippen LogP contribution >= 0.6 is 0 Å². The fraction of sp³-hybridized carbons (Fsp3) is 0.0612. The van der Waals surface area contributed by atoms with Crippen LogP contribution in [0.25, 0.3) is 44.2 Å². The summed E-state index contributed by atoms with van der Waals surface area (Å²) in [6.45, 7) is 2.38. The minimum atomic E-state index is -0.522. The van der Waals surface area contributed by atoms with Gasteiger partial charge in [-0.3, -0.25) is 0 Å². The van der Waals surface area contributed by atoms with Gasteiger partial charge in [0.1, 0.15) is 11.5 Å². The third-order valence-corrected chi connectivity index (χ3v) is 11.8. The van der Waals surface area contributed by atoms with E-state index in [0.29, 0.717) is 0 Å². The molecule has 50 heavy (non-hydrogen) atoms. The van der Waals surface area contributed by atoms with E-state index in [2.05, 4.69) is 183 Å². The molecule has 0 bridgehead atoms. The molecule has 0 radical (unpaired) electrons. The number of ether oxygens (including phenoxy) is 1. The Labute approximate surface area is 292 Å². The summed E-state index contributed by atoms with van der Waals surface area (Å²) in [5.74, 6) is 1.86. The SMILES string of the molecule is CC1(c2ccccc2)c2ccccc2-c2cc(-c3ccc4c(c3)C3(c5ccccc5-c5ccccc53)c3ccc5ccccc5c3O4)ccc21. The summed E-state index contributed by atoms with van der Waals surface area (Å²) in [4.78, 5) is 0. The van der Waals surface area contributed by atoms with E-state index in [0.717, 1.165) is 16.9 Å². The molecule has 2 aliphatic carbocycles. The van der Waals surface area contributed by atoms with Gasteiger partial charge in [0.25, 0.3) is 0 Å². The van der Waals surface area contributed by atoms with Gasteiger partial charge < -0.3 is 4.74 Å². The maximum absolute atomic E-state index is 7.00. The van der Waals surface area contributed by atoms with Gasteiger partial charge in [-0.1, -0.05) is 158 Å². The Kier molecular flexibility index (Phi) is 5.51. The molecule has 1 aliphatic heterocycles. The molecule has 1 atom stereocenters. The van der Waals surface area contributed by atoms with Gasteiger partial charge in [0, 0.05) is 21.9 Å². The molecule has 11 rings (SSSR count). The molecule has 0 saturated carbocycles. The number of hydrogen-bond acceptors (Lipinski definition) is 1. The Morgan fingerprint density at radius 2 is 0.960 bits per heavy atom. The third-order valence-electron chi connectivity index (χ3n) is 11.8. The minimum Gasteiger partial charge on any atom is -0.456 e. The Hall–Kier alpha value is -6.18. The molecule has 3 aliphatic rings. The molecule has 1 spiro atoms. The highest BCUT2D eigenvalue weighted by atomic mass is 16.5. The van der Waals surface area contributed by atoms with E-state index in [-0.39, 0.29) is 5.41 Å². The van der Waals surface area contributed by atoms with E-state index in [4.69, 9.17) is 4.74 Å². The van der Waals surface area contributed by atoms with Crippen molar-refractivity contribution < 1.29 is 4.74 Å². The highest BCUT2D eigenvalue weighted by Crippen LogP contribution is 2.63. The summed E-state index contributed by atoms with van der Waals surface area (Å²) in [7, 11) is 0. The molecule has 1 unspecified atom stereocenters. The van der Waals surface area contributed by atoms with E-state index in [9.17, 15) is 0 Å². The normalized spacial score (nSPS) is 16.9. The average molecular weight is 637 g/mol. The van der Waals surface area contributed by atoms with Crippen LogP contribution in [0.4, 0.5) is 0 Å². The van der Waals surface area contributed by atoms with E-state index in [1.807, 2.05) is 0 Å². The fourth-order valence-corrected chi connectivity index (χ4v) is 9.57. The van der Waals surface area contributed by atoms with Gasteiger partial charge in [-0.2, -0.15) is 0 Å². The first-order valence-corrected chi connectivity index (χ1v) is 17.5. The second-order valence-electron chi connectivity index (χ2n) is 14.1. The van der Waals surface area contributed by atoms with Crippen molar-refractivity contribution in [1.82, 2.24) is 0 Å². The monoisotopic (exact) mass is 636 g/mol. The summed E-state index contributed by atoms with van der Waals surface area (Å²) in [6, 6.07) is 64.9. The topological polar surface area (TPSA) is 9.23 Å². The Morgan fingerprint density at radius 3 is 1.72 bits per heavy atom. The lowest BCUT2D eigenvalue weighted by atomic mass is 9.65. The smallest absolute Gasteiger partial charge is 0.140 e. The molecule has 0 saturated heterocycles. The van der Waals surface area contributed by atoms with Crippen LogP contribution in [-0.2, 0) is 10.8 Å². The van der Waals surface area contributed by atoms with Crippen LogP contribution < -0.4 is 4.74 Å². The van der Waals surface area contributed by atoms with Gasteiger partial charge >= 0.3 is 0 Å². The van der Waals surface area contributed by atoms with Crippen molar-refractivity contribution in [1.29, 1.82) is 0 Å². The molecule has 0 aromatic heterocycles. The lowest BCUT2D eigenvalue weighted by Gasteiger charge is -2.40. The van der Waals surface area contributed by atoms with Gasteiger partial charge in [0.2, 0.25) is 0 Å². The largest absolute Gasteiger partial charge is 0.456 e. The Morgan fingerprint density at radius 1 is 0.400 bits per heavy atom. The first-order valence-electron chi connectivity index (χ1n) is 17.5. The van der Waals surface area contributed by atoms with Gasteiger partial charge in [0.05, 0.1) is 5.41 Å². The van der Waals surface area contributed by atoms with E-state index >= 15 is 0 Å². The van der Waals surface area contributed by atoms with Crippen molar-refractivity contribution in [3.8, 4) is 44.9 Å². The molecule has 8 aromatic carbocycles. The highest BCUT2D eigenvalue weighted by Gasteiger charge is 2.51. The first kappa shape index (κ1) is 27.7. The average Bonchev–Trinajstić information content (AvgIpc) is 3.62. The summed E-state index contributed by atoms with van der Waals surface area (Å²) in [6.07, 6.45) is 0. The zero-order valence-electron chi connectivity index (χ0n) is 27.7. The summed E-state index contributed by atoms with van der Waals surface area (Å²) in [5.41, 5.74) is 15.9. The summed E-state index contributed by atoms with van der Waals surface area (Å²) >= 11 is 0. The van der Waals surface area contributed by atoms with Gasteiger partial charge in [-0.05, 0) is 91.7 Å². The lowest BCUT2D eigenvalue weighted by molar-refractivity contribution is 0.442. The van der Waals surface area contributed by atoms with Crippen LogP contribution in [0.3, 0.4) is 0 Å². The number of benzene rings is 8. The van der Waals surface area contributed by atoms with Crippen LogP contribution in [0.1, 0.15) is 45.9 Å². The van der Waals surface area contributed by atoms with Crippen LogP contribution in [0, 0.1) is 0 Å². The molecular weight excluding hydrogens is 605 g/mol. The molecule has 0 amide bonds. The van der Waals surface area contributed by atoms with Crippen molar-refractivity contribution in [2.45, 2.75) is 17.8 Å². The molecule has 234 valence electrons. The highest BCUT2D eigenvalue weighted by molar-refractivity contribution is 5.96. The number of fused-ring (bicyclic) bond motifs is 14. The third kappa shape index (κ3) is 3.42. The number of rotatable bonds is 2. The standard InChI is InChI=1S/C49H32O/c1-48(34-14-3-2-4-15-34)40-20-10-7-19-38(40)39-29-32(24-26-41(39)48)33-25-28-46-45(30-33)49(44-27-23-31-13-5-6-16-35(31)47(44)50-46)42-21-11-8-17-36(42)37-18-9-12-22-43(37)49/h2-30H,1H3. The summed E-state index contributed by atoms with van der Waals surface area (Å²) in [5, 5.41) is 2.32. The zero-order chi connectivity index (χ0) is 33.0. The first-order chi connectivity index (χ1) is 24.7. The molecule has 1 heteroatoms. The van der Waals surface area contributed by atoms with Crippen molar-refractivity contribution in [2.75, 3.05) is 0 Å². The second-order valence-corrected chi connectivity index (χ2v) is 14.1. The quantitative estimate of drug-likeness (QED) is 0.183. The molecule has 1 heterocycles. The molecule has 0 N–H and O–H groups in total. The van der Waals surface area contributed by atoms with Crippen LogP contribution in [-0.4, -0.2) is 0 Å². The van der Waals surface area contributed by atoms with Gasteiger partial charge in [-0.15, -0.1) is 0 Å². The molecule has 0 fully saturated rings. The Balaban J connectivity index is 1.17. The maximum atomic E-state index is 7.00. The van der Waals surface area contributed by atoms with Crippen LogP contribution in [0.5, 0.6) is 11.5 Å². The molecule has 1 nitrogen and oxygen atoms in total. The van der Waals surface area contributed by atoms with Crippen LogP contribution in [0.15, 0.2) is 176 Å². The van der Waals surface area contributed by atoms with Crippen molar-refractivity contribution in [3.05, 3.63) is 215 Å². The molecule has 8 aromatic rings. The minimum absolute atomic E-state index is 0.219. The second kappa shape index (κ2) is 9.94. The zero-order valence-corrected chi connectivity index (χ0v) is 27.7. The lowest BCUT2D eigenvalue weighted by Crippen LogP contribution is -2.32. The van der Waals surface area contributed by atoms with E-state index in [1.165, 1.54) is 77.7 Å². The Bertz CT molecular complexity index is 2660. The van der Waals surface area contributed by atoms with E-state index < -0.39 is 5.41 Å². The van der Waals surface area contributed by atoms with E-state index in [1.54, 1.807) is 0 Å². The van der Waals surface area contributed by atoms with Crippen molar-refractivity contribution in [2.24, 2.45) is 0 Å². The number of hydrogen-bond donors (Lipinski definition) is 0. The van der Waals surface area contributed by atoms with Crippen molar-refractivity contribution in [3.63, 3.8) is 0 Å².